The fourth-order valence-electron chi connectivity index (χ4n) is 5.68. The molecule has 3 aliphatic carbocycles. The summed E-state index contributed by atoms with van der Waals surface area (Å²) >= 11 is 0. The maximum absolute atomic E-state index is 9.16. The van der Waals surface area contributed by atoms with E-state index in [9.17, 15) is 0 Å². The summed E-state index contributed by atoms with van der Waals surface area (Å²) in [7, 11) is 0. The largest absolute Gasteiger partial charge is 0.198 e. The molecule has 3 saturated carbocycles. The Labute approximate surface area is 118 Å². The van der Waals surface area contributed by atoms with E-state index < -0.39 is 0 Å². The highest BCUT2D eigenvalue weighted by Gasteiger charge is 2.44. The van der Waals surface area contributed by atoms with Gasteiger partial charge in [-0.05, 0) is 74.5 Å². The van der Waals surface area contributed by atoms with Crippen LogP contribution < -0.4 is 0 Å². The van der Waals surface area contributed by atoms with E-state index in [1.54, 1.807) is 0 Å². The second kappa shape index (κ2) is 5.86. The van der Waals surface area contributed by atoms with Crippen LogP contribution in [-0.4, -0.2) is 0 Å². The Morgan fingerprint density at radius 3 is 2.26 bits per heavy atom. The Kier molecular flexibility index (Phi) is 4.15. The molecule has 0 bridgehead atoms. The van der Waals surface area contributed by atoms with Crippen molar-refractivity contribution in [2.45, 2.75) is 71.1 Å². The average molecular weight is 259 g/mol. The Balaban J connectivity index is 1.62. The molecule has 0 aromatic rings. The van der Waals surface area contributed by atoms with E-state index in [4.69, 9.17) is 5.26 Å². The zero-order valence-corrected chi connectivity index (χ0v) is 12.5. The fraction of sp³-hybridized carbons (Fsp3) is 0.944. The van der Waals surface area contributed by atoms with Gasteiger partial charge in [-0.1, -0.05) is 26.2 Å². The Morgan fingerprint density at radius 1 is 0.895 bits per heavy atom. The number of nitrogens with zero attached hydrogens (tertiary/aromatic N) is 1. The number of fused-ring (bicyclic) bond motifs is 3. The number of rotatable bonds is 2. The van der Waals surface area contributed by atoms with Gasteiger partial charge in [0.05, 0.1) is 6.07 Å². The molecule has 3 fully saturated rings. The first-order valence-electron chi connectivity index (χ1n) is 8.71. The smallest absolute Gasteiger partial charge is 0.0655 e. The molecule has 3 aliphatic rings. The number of hydrogen-bond donors (Lipinski definition) is 0. The lowest BCUT2D eigenvalue weighted by atomic mass is 9.55. The molecule has 19 heavy (non-hydrogen) atoms. The highest BCUT2D eigenvalue weighted by atomic mass is 14.5. The molecule has 3 rings (SSSR count). The van der Waals surface area contributed by atoms with Crippen molar-refractivity contribution in [1.29, 1.82) is 5.26 Å². The molecule has 0 aromatic carbocycles. The summed E-state index contributed by atoms with van der Waals surface area (Å²) in [4.78, 5) is 0. The zero-order valence-electron chi connectivity index (χ0n) is 12.5. The molecule has 1 nitrogen and oxygen atoms in total. The van der Waals surface area contributed by atoms with Gasteiger partial charge in [0.15, 0.2) is 0 Å². The van der Waals surface area contributed by atoms with E-state index >= 15 is 0 Å². The van der Waals surface area contributed by atoms with Crippen LogP contribution in [0.4, 0.5) is 0 Å². The number of nitriles is 1. The van der Waals surface area contributed by atoms with Crippen LogP contribution in [0.2, 0.25) is 0 Å². The van der Waals surface area contributed by atoms with Gasteiger partial charge in [0.2, 0.25) is 0 Å². The quantitative estimate of drug-likeness (QED) is 0.671. The third kappa shape index (κ3) is 2.69. The van der Waals surface area contributed by atoms with Crippen molar-refractivity contribution >= 4 is 0 Å². The maximum Gasteiger partial charge on any atom is 0.0655 e. The molecule has 0 N–H and O–H groups in total. The summed E-state index contributed by atoms with van der Waals surface area (Å²) in [6, 6.07) is 2.53. The van der Waals surface area contributed by atoms with Crippen molar-refractivity contribution in [3.63, 3.8) is 0 Å². The van der Waals surface area contributed by atoms with Gasteiger partial charge < -0.3 is 0 Å². The third-order valence-electron chi connectivity index (χ3n) is 6.53. The minimum atomic E-state index is 0.384. The lowest BCUT2D eigenvalue weighted by Crippen LogP contribution is -2.41. The zero-order chi connectivity index (χ0) is 13.2. The fourth-order valence-corrected chi connectivity index (χ4v) is 5.68. The summed E-state index contributed by atoms with van der Waals surface area (Å²) in [5.74, 6) is 5.40. The standard InChI is InChI=1S/C18H29N/c1-2-3-13-4-8-17-15(10-13)6-7-16-11-14(12-19)5-9-18(16)17/h13-18H,2-11H2,1H3/t13-,14-,15?,16?,17?,18?/m1/s1. The van der Waals surface area contributed by atoms with E-state index in [0.29, 0.717) is 5.92 Å². The first kappa shape index (κ1) is 13.5. The van der Waals surface area contributed by atoms with E-state index in [1.807, 2.05) is 0 Å². The summed E-state index contributed by atoms with van der Waals surface area (Å²) < 4.78 is 0. The van der Waals surface area contributed by atoms with Gasteiger partial charge in [0.1, 0.15) is 0 Å². The third-order valence-corrected chi connectivity index (χ3v) is 6.53. The molecule has 4 unspecified atom stereocenters. The molecule has 6 atom stereocenters. The number of hydrogen-bond acceptors (Lipinski definition) is 1. The second-order valence-corrected chi connectivity index (χ2v) is 7.53. The summed E-state index contributed by atoms with van der Waals surface area (Å²) in [6.45, 7) is 2.34. The lowest BCUT2D eigenvalue weighted by molar-refractivity contribution is 0.00303. The van der Waals surface area contributed by atoms with Crippen molar-refractivity contribution in [3.05, 3.63) is 0 Å². The monoisotopic (exact) mass is 259 g/mol. The first-order chi connectivity index (χ1) is 9.31. The van der Waals surface area contributed by atoms with Gasteiger partial charge in [-0.15, -0.1) is 0 Å². The Morgan fingerprint density at radius 2 is 1.58 bits per heavy atom. The topological polar surface area (TPSA) is 23.8 Å². The van der Waals surface area contributed by atoms with Crippen molar-refractivity contribution in [2.24, 2.45) is 35.5 Å². The molecule has 0 amide bonds. The summed E-state index contributed by atoms with van der Waals surface area (Å²) in [6.07, 6.45) is 14.1. The molecule has 0 saturated heterocycles. The molecular formula is C18H29N. The lowest BCUT2D eigenvalue weighted by Gasteiger charge is -2.50. The Bertz CT molecular complexity index is 342. The van der Waals surface area contributed by atoms with E-state index in [-0.39, 0.29) is 0 Å². The first-order valence-corrected chi connectivity index (χ1v) is 8.71. The minimum absolute atomic E-state index is 0.384. The molecule has 0 radical (unpaired) electrons. The highest BCUT2D eigenvalue weighted by molar-refractivity contribution is 4.98. The van der Waals surface area contributed by atoms with Gasteiger partial charge >= 0.3 is 0 Å². The van der Waals surface area contributed by atoms with Crippen LogP contribution in [0.25, 0.3) is 0 Å². The van der Waals surface area contributed by atoms with Crippen molar-refractivity contribution in [2.75, 3.05) is 0 Å². The van der Waals surface area contributed by atoms with Crippen molar-refractivity contribution in [3.8, 4) is 6.07 Å². The van der Waals surface area contributed by atoms with Crippen molar-refractivity contribution in [1.82, 2.24) is 0 Å². The van der Waals surface area contributed by atoms with Crippen LogP contribution in [-0.2, 0) is 0 Å². The van der Waals surface area contributed by atoms with Crippen LogP contribution in [0.3, 0.4) is 0 Å². The van der Waals surface area contributed by atoms with Crippen LogP contribution in [0.1, 0.15) is 71.1 Å². The van der Waals surface area contributed by atoms with Crippen LogP contribution in [0.15, 0.2) is 0 Å². The molecule has 106 valence electrons. The van der Waals surface area contributed by atoms with Crippen molar-refractivity contribution < 1.29 is 0 Å². The maximum atomic E-state index is 9.16. The SMILES string of the molecule is CCC[C@@H]1CCC2C(CCC3C[C@H](C#N)CCC32)C1. The predicted octanol–water partition coefficient (Wildman–Crippen LogP) is 5.17. The minimum Gasteiger partial charge on any atom is -0.198 e. The van der Waals surface area contributed by atoms with Crippen LogP contribution >= 0.6 is 0 Å². The molecule has 0 aromatic heterocycles. The van der Waals surface area contributed by atoms with E-state index in [2.05, 4.69) is 13.0 Å². The highest BCUT2D eigenvalue weighted by Crippen LogP contribution is 2.53. The van der Waals surface area contributed by atoms with Gasteiger partial charge in [-0.25, -0.2) is 0 Å². The van der Waals surface area contributed by atoms with Crippen LogP contribution in [0.5, 0.6) is 0 Å². The molecule has 1 heteroatoms. The predicted molar refractivity (Wildman–Crippen MR) is 78.4 cm³/mol. The summed E-state index contributed by atoms with van der Waals surface area (Å²) in [5, 5.41) is 9.16. The van der Waals surface area contributed by atoms with E-state index in [1.165, 1.54) is 64.2 Å². The second-order valence-electron chi connectivity index (χ2n) is 7.53. The van der Waals surface area contributed by atoms with Gasteiger partial charge in [-0.2, -0.15) is 5.26 Å². The molecule has 0 spiro atoms. The van der Waals surface area contributed by atoms with Gasteiger partial charge in [0.25, 0.3) is 0 Å². The van der Waals surface area contributed by atoms with Crippen LogP contribution in [0, 0.1) is 46.8 Å². The normalized spacial score (nSPS) is 45.9. The molecule has 0 heterocycles. The molecular weight excluding hydrogens is 230 g/mol. The average Bonchev–Trinajstić information content (AvgIpc) is 2.46. The molecule has 0 aliphatic heterocycles. The summed E-state index contributed by atoms with van der Waals surface area (Å²) in [5.41, 5.74) is 0. The van der Waals surface area contributed by atoms with E-state index in [0.717, 1.165) is 29.6 Å². The van der Waals surface area contributed by atoms with Gasteiger partial charge in [0, 0.05) is 5.92 Å². The Hall–Kier alpha value is -0.510. The van der Waals surface area contributed by atoms with Gasteiger partial charge in [-0.3, -0.25) is 0 Å².